The molecule has 0 bridgehead atoms. The SMILES string of the molecule is CC1(NCc2cccnc2)OCCO1. The third kappa shape index (κ3) is 2.29. The molecule has 1 fully saturated rings. The van der Waals surface area contributed by atoms with Crippen molar-refractivity contribution in [1.29, 1.82) is 0 Å². The van der Waals surface area contributed by atoms with Gasteiger partial charge in [-0.2, -0.15) is 0 Å². The van der Waals surface area contributed by atoms with Crippen molar-refractivity contribution in [2.24, 2.45) is 0 Å². The van der Waals surface area contributed by atoms with E-state index in [4.69, 9.17) is 9.47 Å². The molecular formula is C10H14N2O2. The van der Waals surface area contributed by atoms with E-state index in [-0.39, 0.29) is 0 Å². The van der Waals surface area contributed by atoms with Crippen molar-refractivity contribution in [3.05, 3.63) is 30.1 Å². The van der Waals surface area contributed by atoms with Gasteiger partial charge < -0.3 is 9.47 Å². The lowest BCUT2D eigenvalue weighted by atomic mass is 10.3. The second kappa shape index (κ2) is 4.04. The molecule has 1 aliphatic rings. The highest BCUT2D eigenvalue weighted by Crippen LogP contribution is 2.15. The fourth-order valence-electron chi connectivity index (χ4n) is 1.38. The maximum Gasteiger partial charge on any atom is 0.224 e. The molecule has 14 heavy (non-hydrogen) atoms. The molecule has 0 atom stereocenters. The zero-order chi connectivity index (χ0) is 9.86. The van der Waals surface area contributed by atoms with Crippen molar-refractivity contribution >= 4 is 0 Å². The lowest BCUT2D eigenvalue weighted by Crippen LogP contribution is -2.42. The van der Waals surface area contributed by atoms with Gasteiger partial charge in [-0.05, 0) is 11.6 Å². The average molecular weight is 194 g/mol. The smallest absolute Gasteiger partial charge is 0.224 e. The first kappa shape index (κ1) is 9.58. The van der Waals surface area contributed by atoms with Gasteiger partial charge in [-0.15, -0.1) is 0 Å². The molecule has 4 heteroatoms. The van der Waals surface area contributed by atoms with Crippen LogP contribution in [0.1, 0.15) is 12.5 Å². The lowest BCUT2D eigenvalue weighted by Gasteiger charge is -2.23. The van der Waals surface area contributed by atoms with Crippen molar-refractivity contribution in [2.75, 3.05) is 13.2 Å². The second-order valence-corrected chi connectivity index (χ2v) is 3.36. The maximum absolute atomic E-state index is 5.41. The summed E-state index contributed by atoms with van der Waals surface area (Å²) in [6.07, 6.45) is 3.58. The Kier molecular flexibility index (Phi) is 2.77. The summed E-state index contributed by atoms with van der Waals surface area (Å²) in [6.45, 7) is 3.88. The van der Waals surface area contributed by atoms with E-state index in [1.807, 2.05) is 25.3 Å². The molecule has 0 radical (unpaired) electrons. The Morgan fingerprint density at radius 3 is 2.93 bits per heavy atom. The minimum Gasteiger partial charge on any atom is -0.335 e. The molecule has 2 heterocycles. The van der Waals surface area contributed by atoms with E-state index >= 15 is 0 Å². The van der Waals surface area contributed by atoms with Crippen LogP contribution in [0.15, 0.2) is 24.5 Å². The van der Waals surface area contributed by atoms with Crippen molar-refractivity contribution in [2.45, 2.75) is 19.4 Å². The maximum atomic E-state index is 5.41. The zero-order valence-corrected chi connectivity index (χ0v) is 8.19. The highest BCUT2D eigenvalue weighted by molar-refractivity contribution is 5.08. The Bertz CT molecular complexity index is 283. The van der Waals surface area contributed by atoms with E-state index in [1.54, 1.807) is 6.20 Å². The van der Waals surface area contributed by atoms with E-state index in [2.05, 4.69) is 10.3 Å². The van der Waals surface area contributed by atoms with Crippen LogP contribution in [0.2, 0.25) is 0 Å². The van der Waals surface area contributed by atoms with Crippen LogP contribution in [-0.4, -0.2) is 24.1 Å². The van der Waals surface area contributed by atoms with Crippen molar-refractivity contribution in [1.82, 2.24) is 10.3 Å². The number of rotatable bonds is 3. The summed E-state index contributed by atoms with van der Waals surface area (Å²) in [4.78, 5) is 4.03. The summed E-state index contributed by atoms with van der Waals surface area (Å²) in [5.41, 5.74) is 1.12. The van der Waals surface area contributed by atoms with Crippen LogP contribution in [0.25, 0.3) is 0 Å². The van der Waals surface area contributed by atoms with Gasteiger partial charge in [0.05, 0.1) is 13.2 Å². The lowest BCUT2D eigenvalue weighted by molar-refractivity contribution is -0.167. The molecule has 0 spiro atoms. The zero-order valence-electron chi connectivity index (χ0n) is 8.19. The predicted octanol–water partition coefficient (Wildman–Crippen LogP) is 0.892. The monoisotopic (exact) mass is 194 g/mol. The topological polar surface area (TPSA) is 43.4 Å². The molecule has 1 aromatic heterocycles. The Labute approximate surface area is 83.2 Å². The molecule has 0 aromatic carbocycles. The number of aromatic nitrogens is 1. The van der Waals surface area contributed by atoms with Crippen LogP contribution >= 0.6 is 0 Å². The number of pyridine rings is 1. The van der Waals surface area contributed by atoms with Gasteiger partial charge in [-0.25, -0.2) is 0 Å². The second-order valence-electron chi connectivity index (χ2n) is 3.36. The van der Waals surface area contributed by atoms with E-state index in [1.165, 1.54) is 0 Å². The average Bonchev–Trinajstić information content (AvgIpc) is 2.65. The Morgan fingerprint density at radius 1 is 1.50 bits per heavy atom. The Hall–Kier alpha value is -0.970. The third-order valence-electron chi connectivity index (χ3n) is 2.17. The molecule has 0 unspecified atom stereocenters. The first-order valence-corrected chi connectivity index (χ1v) is 4.70. The van der Waals surface area contributed by atoms with Gasteiger partial charge in [0.25, 0.3) is 0 Å². The van der Waals surface area contributed by atoms with Gasteiger partial charge in [0.1, 0.15) is 0 Å². The number of hydrogen-bond donors (Lipinski definition) is 1. The van der Waals surface area contributed by atoms with E-state index < -0.39 is 5.91 Å². The fourth-order valence-corrected chi connectivity index (χ4v) is 1.38. The van der Waals surface area contributed by atoms with Crippen LogP contribution in [0.3, 0.4) is 0 Å². The standard InChI is InChI=1S/C10H14N2O2/c1-10(13-5-6-14-10)12-8-9-3-2-4-11-7-9/h2-4,7,12H,5-6,8H2,1H3. The molecule has 1 aromatic rings. The van der Waals surface area contributed by atoms with Gasteiger partial charge >= 0.3 is 0 Å². The number of nitrogens with one attached hydrogen (secondary N) is 1. The van der Waals surface area contributed by atoms with E-state index in [0.717, 1.165) is 5.56 Å². The molecule has 1 N–H and O–H groups in total. The molecule has 2 rings (SSSR count). The summed E-state index contributed by atoms with van der Waals surface area (Å²) in [7, 11) is 0. The van der Waals surface area contributed by atoms with E-state index in [9.17, 15) is 0 Å². The molecule has 76 valence electrons. The highest BCUT2D eigenvalue weighted by Gasteiger charge is 2.29. The minimum absolute atomic E-state index is 0.629. The van der Waals surface area contributed by atoms with Gasteiger partial charge in [-0.3, -0.25) is 10.3 Å². The van der Waals surface area contributed by atoms with Crippen molar-refractivity contribution in [3.63, 3.8) is 0 Å². The summed E-state index contributed by atoms with van der Waals surface area (Å²) in [5, 5.41) is 3.19. The van der Waals surface area contributed by atoms with Gasteiger partial charge in [-0.1, -0.05) is 6.07 Å². The van der Waals surface area contributed by atoms with Crippen LogP contribution < -0.4 is 5.32 Å². The summed E-state index contributed by atoms with van der Waals surface area (Å²) < 4.78 is 10.8. The molecule has 1 saturated heterocycles. The summed E-state index contributed by atoms with van der Waals surface area (Å²) in [5.74, 6) is -0.629. The molecular weight excluding hydrogens is 180 g/mol. The molecule has 4 nitrogen and oxygen atoms in total. The first-order chi connectivity index (χ1) is 6.79. The highest BCUT2D eigenvalue weighted by atomic mass is 16.8. The quantitative estimate of drug-likeness (QED) is 0.776. The number of hydrogen-bond acceptors (Lipinski definition) is 4. The van der Waals surface area contributed by atoms with Crippen LogP contribution in [-0.2, 0) is 16.0 Å². The molecule has 0 saturated carbocycles. The van der Waals surface area contributed by atoms with Crippen LogP contribution in [0.5, 0.6) is 0 Å². The fraction of sp³-hybridized carbons (Fsp3) is 0.500. The molecule has 0 aliphatic carbocycles. The number of ether oxygens (including phenoxy) is 2. The van der Waals surface area contributed by atoms with Crippen LogP contribution in [0.4, 0.5) is 0 Å². The van der Waals surface area contributed by atoms with Gasteiger partial charge in [0.2, 0.25) is 5.91 Å². The van der Waals surface area contributed by atoms with E-state index in [0.29, 0.717) is 19.8 Å². The largest absolute Gasteiger partial charge is 0.335 e. The third-order valence-corrected chi connectivity index (χ3v) is 2.17. The predicted molar refractivity (Wildman–Crippen MR) is 51.4 cm³/mol. The molecule has 1 aliphatic heterocycles. The normalized spacial score (nSPS) is 19.8. The number of nitrogens with zero attached hydrogens (tertiary/aromatic N) is 1. The Balaban J connectivity index is 1.88. The van der Waals surface area contributed by atoms with Crippen LogP contribution in [0, 0.1) is 0 Å². The van der Waals surface area contributed by atoms with Crippen molar-refractivity contribution in [3.8, 4) is 0 Å². The van der Waals surface area contributed by atoms with Gasteiger partial charge in [0.15, 0.2) is 0 Å². The Morgan fingerprint density at radius 2 is 2.29 bits per heavy atom. The summed E-state index contributed by atoms with van der Waals surface area (Å²) in [6, 6.07) is 3.92. The molecule has 0 amide bonds. The van der Waals surface area contributed by atoms with Crippen molar-refractivity contribution < 1.29 is 9.47 Å². The van der Waals surface area contributed by atoms with Gasteiger partial charge in [0, 0.05) is 25.9 Å². The first-order valence-electron chi connectivity index (χ1n) is 4.70. The summed E-state index contributed by atoms with van der Waals surface area (Å²) >= 11 is 0. The minimum atomic E-state index is -0.629.